The molecule has 1 aliphatic heterocycles. The van der Waals surface area contributed by atoms with E-state index in [-0.39, 0.29) is 30.0 Å². The highest BCUT2D eigenvalue weighted by atomic mass is 35.5. The summed E-state index contributed by atoms with van der Waals surface area (Å²) >= 11 is 7.71. The van der Waals surface area contributed by atoms with E-state index in [2.05, 4.69) is 30.9 Å². The monoisotopic (exact) mass is 595 g/mol. The van der Waals surface area contributed by atoms with Gasteiger partial charge in [0.1, 0.15) is 12.1 Å². The SMILES string of the molecule is Cc1sc(C(=O)c2cncnc2N[C@@H]2C[C@H](COS(N)(=O)=O)[C@@H](O)C2)cc1[C@@H]1NCCc2ccc(Cl)cc21.O. The zero-order chi connectivity index (χ0) is 27.0. The highest BCUT2D eigenvalue weighted by Gasteiger charge is 2.35. The number of carbonyl (C=O) groups excluding carboxylic acids is 1. The summed E-state index contributed by atoms with van der Waals surface area (Å²) < 4.78 is 26.9. The summed E-state index contributed by atoms with van der Waals surface area (Å²) in [6.07, 6.45) is 3.73. The second kappa shape index (κ2) is 11.9. The molecule has 4 atom stereocenters. The third-order valence-corrected chi connectivity index (χ3v) is 8.82. The number of aryl methyl sites for hydroxylation is 1. The lowest BCUT2D eigenvalue weighted by Crippen LogP contribution is -2.30. The predicted molar refractivity (Wildman–Crippen MR) is 148 cm³/mol. The Morgan fingerprint density at radius 3 is 2.87 bits per heavy atom. The summed E-state index contributed by atoms with van der Waals surface area (Å²) in [5, 5.41) is 22.7. The van der Waals surface area contributed by atoms with E-state index in [0.717, 1.165) is 29.0 Å². The number of fused-ring (bicyclic) bond motifs is 1. The lowest BCUT2D eigenvalue weighted by molar-refractivity contribution is 0.101. The molecule has 1 saturated carbocycles. The molecule has 0 saturated heterocycles. The minimum absolute atomic E-state index is 0. The van der Waals surface area contributed by atoms with Gasteiger partial charge in [0.2, 0.25) is 5.78 Å². The van der Waals surface area contributed by atoms with Crippen molar-refractivity contribution in [3.63, 3.8) is 0 Å². The van der Waals surface area contributed by atoms with Crippen LogP contribution in [0.5, 0.6) is 0 Å². The van der Waals surface area contributed by atoms with Crippen LogP contribution in [0, 0.1) is 12.8 Å². The van der Waals surface area contributed by atoms with Crippen LogP contribution in [-0.2, 0) is 20.9 Å². The van der Waals surface area contributed by atoms with Gasteiger partial charge in [-0.25, -0.2) is 15.1 Å². The maximum atomic E-state index is 13.6. The average molecular weight is 596 g/mol. The molecule has 0 bridgehead atoms. The van der Waals surface area contributed by atoms with Gasteiger partial charge in [-0.3, -0.25) is 8.98 Å². The van der Waals surface area contributed by atoms with Crippen molar-refractivity contribution in [1.29, 1.82) is 0 Å². The molecule has 39 heavy (non-hydrogen) atoms. The Hall–Kier alpha value is -2.49. The maximum absolute atomic E-state index is 13.6. The molecule has 0 radical (unpaired) electrons. The van der Waals surface area contributed by atoms with E-state index >= 15 is 0 Å². The van der Waals surface area contributed by atoms with E-state index in [1.165, 1.54) is 29.4 Å². The molecule has 2 aromatic heterocycles. The molecule has 14 heteroatoms. The second-order valence-electron chi connectivity index (χ2n) is 9.63. The Labute approximate surface area is 235 Å². The number of hydrogen-bond donors (Lipinski definition) is 4. The first-order valence-electron chi connectivity index (χ1n) is 12.2. The number of aromatic nitrogens is 2. The predicted octanol–water partition coefficient (Wildman–Crippen LogP) is 1.91. The van der Waals surface area contributed by atoms with Gasteiger partial charge in [0.15, 0.2) is 0 Å². The highest BCUT2D eigenvalue weighted by molar-refractivity contribution is 7.84. The molecule has 5 rings (SSSR count). The Kier molecular flexibility index (Phi) is 9.03. The number of nitrogens with two attached hydrogens (primary N) is 1. The van der Waals surface area contributed by atoms with E-state index in [9.17, 15) is 18.3 Å². The van der Waals surface area contributed by atoms with Crippen molar-refractivity contribution in [2.24, 2.45) is 11.1 Å². The molecule has 0 amide bonds. The van der Waals surface area contributed by atoms with Crippen molar-refractivity contribution < 1.29 is 28.0 Å². The van der Waals surface area contributed by atoms with Crippen molar-refractivity contribution in [2.75, 3.05) is 18.5 Å². The highest BCUT2D eigenvalue weighted by Crippen LogP contribution is 2.37. The van der Waals surface area contributed by atoms with Crippen LogP contribution in [0.2, 0.25) is 5.02 Å². The third-order valence-electron chi connectivity index (χ3n) is 7.05. The Morgan fingerprint density at radius 2 is 2.10 bits per heavy atom. The number of nitrogens with one attached hydrogen (secondary N) is 2. The molecule has 0 spiro atoms. The summed E-state index contributed by atoms with van der Waals surface area (Å²) in [5.41, 5.74) is 3.71. The van der Waals surface area contributed by atoms with Gasteiger partial charge in [-0.15, -0.1) is 11.3 Å². The fourth-order valence-electron chi connectivity index (χ4n) is 5.21. The van der Waals surface area contributed by atoms with E-state index in [1.54, 1.807) is 0 Å². The van der Waals surface area contributed by atoms with Gasteiger partial charge in [-0.2, -0.15) is 8.42 Å². The standard InChI is InChI=1S/C25H28ClN5O5S2.H2O/c1-13-18(23-19-7-16(26)3-2-14(19)4-5-29-23)9-22(37-13)24(33)20-10-28-12-30-25(20)31-17-6-15(21(32)8-17)11-36-38(27,34)35;/h2-3,7,9-10,12,15,17,21,23,29,32H,4-6,8,11H2,1H3,(H2,27,34,35)(H,28,30,31);1H2/t15-,17-,21+,23+;/m1./s1. The van der Waals surface area contributed by atoms with Crippen LogP contribution in [0.25, 0.3) is 0 Å². The fourth-order valence-corrected chi connectivity index (χ4v) is 6.77. The number of halogens is 1. The van der Waals surface area contributed by atoms with Crippen LogP contribution in [0.3, 0.4) is 0 Å². The number of hydrogen-bond acceptors (Lipinski definition) is 10. The number of carbonyl (C=O) groups is 1. The van der Waals surface area contributed by atoms with Crippen LogP contribution in [0.4, 0.5) is 5.82 Å². The number of benzene rings is 1. The van der Waals surface area contributed by atoms with Gasteiger partial charge in [0, 0.05) is 34.6 Å². The summed E-state index contributed by atoms with van der Waals surface area (Å²) in [6, 6.07) is 7.57. The van der Waals surface area contributed by atoms with Crippen molar-refractivity contribution in [2.45, 2.75) is 44.4 Å². The minimum atomic E-state index is -4.10. The molecule has 1 aromatic carbocycles. The number of aliphatic hydroxyl groups excluding tert-OH is 1. The third kappa shape index (κ3) is 6.64. The number of ketones is 1. The Morgan fingerprint density at radius 1 is 1.31 bits per heavy atom. The van der Waals surface area contributed by atoms with Crippen LogP contribution in [0.1, 0.15) is 55.7 Å². The minimum Gasteiger partial charge on any atom is -0.412 e. The molecule has 7 N–H and O–H groups in total. The zero-order valence-electron chi connectivity index (χ0n) is 21.1. The molecule has 1 fully saturated rings. The number of thiophene rings is 1. The van der Waals surface area contributed by atoms with Crippen LogP contribution in [-0.4, -0.2) is 60.0 Å². The smallest absolute Gasteiger partial charge is 0.333 e. The summed E-state index contributed by atoms with van der Waals surface area (Å²) in [6.45, 7) is 2.62. The first kappa shape index (κ1) is 29.5. The Bertz CT molecular complexity index is 1470. The number of nitrogens with zero attached hydrogens (tertiary/aromatic N) is 2. The van der Waals surface area contributed by atoms with E-state index in [0.29, 0.717) is 34.1 Å². The van der Waals surface area contributed by atoms with Crippen molar-refractivity contribution >= 4 is 44.8 Å². The number of rotatable bonds is 8. The lowest BCUT2D eigenvalue weighted by Gasteiger charge is -2.27. The maximum Gasteiger partial charge on any atom is 0.333 e. The second-order valence-corrected chi connectivity index (χ2v) is 12.5. The largest absolute Gasteiger partial charge is 0.412 e. The fraction of sp³-hybridized carbons (Fsp3) is 0.400. The molecule has 210 valence electrons. The molecule has 3 heterocycles. The molecule has 3 aromatic rings. The van der Waals surface area contributed by atoms with Crippen molar-refractivity contribution in [3.05, 3.63) is 73.8 Å². The van der Waals surface area contributed by atoms with Gasteiger partial charge < -0.3 is 21.2 Å². The van der Waals surface area contributed by atoms with Crippen LogP contribution < -0.4 is 15.8 Å². The number of aliphatic hydroxyl groups is 1. The van der Waals surface area contributed by atoms with Crippen molar-refractivity contribution in [1.82, 2.24) is 15.3 Å². The molecule has 0 unspecified atom stereocenters. The van der Waals surface area contributed by atoms with Crippen molar-refractivity contribution in [3.8, 4) is 0 Å². The van der Waals surface area contributed by atoms with Crippen LogP contribution in [0.15, 0.2) is 36.8 Å². The van der Waals surface area contributed by atoms with Gasteiger partial charge >= 0.3 is 10.3 Å². The zero-order valence-corrected chi connectivity index (χ0v) is 23.4. The molecule has 2 aliphatic rings. The van der Waals surface area contributed by atoms with Gasteiger partial charge in [0.05, 0.1) is 29.2 Å². The molecule has 1 aliphatic carbocycles. The molecular weight excluding hydrogens is 566 g/mol. The summed E-state index contributed by atoms with van der Waals surface area (Å²) in [4.78, 5) is 23.6. The first-order valence-corrected chi connectivity index (χ1v) is 14.8. The van der Waals surface area contributed by atoms with Crippen LogP contribution >= 0.6 is 22.9 Å². The summed E-state index contributed by atoms with van der Waals surface area (Å²) in [7, 11) is -4.10. The Balaban J connectivity index is 0.00000353. The van der Waals surface area contributed by atoms with E-state index < -0.39 is 22.3 Å². The van der Waals surface area contributed by atoms with E-state index in [1.807, 2.05) is 25.1 Å². The van der Waals surface area contributed by atoms with Gasteiger partial charge in [0.25, 0.3) is 0 Å². The normalized spacial score (nSPS) is 22.7. The van der Waals surface area contributed by atoms with Gasteiger partial charge in [-0.1, -0.05) is 17.7 Å². The first-order chi connectivity index (χ1) is 18.1. The number of anilines is 1. The lowest BCUT2D eigenvalue weighted by atomic mass is 9.90. The molecule has 11 nitrogen and oxygen atoms in total. The van der Waals surface area contributed by atoms with E-state index in [4.69, 9.17) is 16.7 Å². The topological polar surface area (TPSA) is 188 Å². The average Bonchev–Trinajstić information content (AvgIpc) is 3.43. The van der Waals surface area contributed by atoms with Gasteiger partial charge in [-0.05, 0) is 61.1 Å². The summed E-state index contributed by atoms with van der Waals surface area (Å²) in [5.74, 6) is -0.272. The quantitative estimate of drug-likeness (QED) is 0.282. The molecular formula is C25H30ClN5O6S2.